The highest BCUT2D eigenvalue weighted by molar-refractivity contribution is 5.15. The van der Waals surface area contributed by atoms with Crippen LogP contribution in [0.5, 0.6) is 0 Å². The number of hydrogen-bond acceptors (Lipinski definition) is 2. The van der Waals surface area contributed by atoms with Crippen molar-refractivity contribution in [2.45, 2.75) is 39.3 Å². The Bertz CT molecular complexity index is 315. The van der Waals surface area contributed by atoms with Crippen molar-refractivity contribution in [2.75, 3.05) is 0 Å². The van der Waals surface area contributed by atoms with Gasteiger partial charge in [0.15, 0.2) is 0 Å². The predicted molar refractivity (Wildman–Crippen MR) is 48.2 cm³/mol. The standard InChI is InChI=1S/C9H14F2N2O/c1-6-4-13(5-9(2,3)14)12-7(6)8(10)11/h4,8,14H,5H2,1-3H3. The van der Waals surface area contributed by atoms with Crippen molar-refractivity contribution in [3.63, 3.8) is 0 Å². The molecule has 0 unspecified atom stereocenters. The van der Waals surface area contributed by atoms with Gasteiger partial charge in [0.25, 0.3) is 6.43 Å². The Balaban J connectivity index is 2.86. The lowest BCUT2D eigenvalue weighted by molar-refractivity contribution is 0.0567. The fourth-order valence-electron chi connectivity index (χ4n) is 1.23. The topological polar surface area (TPSA) is 38.0 Å². The van der Waals surface area contributed by atoms with E-state index < -0.39 is 12.0 Å². The molecule has 0 saturated heterocycles. The van der Waals surface area contributed by atoms with Gasteiger partial charge in [0.1, 0.15) is 5.69 Å². The van der Waals surface area contributed by atoms with Crippen molar-refractivity contribution in [1.29, 1.82) is 0 Å². The Labute approximate surface area is 81.4 Å². The van der Waals surface area contributed by atoms with E-state index in [9.17, 15) is 13.9 Å². The van der Waals surface area contributed by atoms with Crippen molar-refractivity contribution >= 4 is 0 Å². The first-order valence-corrected chi connectivity index (χ1v) is 4.34. The molecular formula is C9H14F2N2O. The summed E-state index contributed by atoms with van der Waals surface area (Å²) in [6, 6.07) is 0. The second kappa shape index (κ2) is 3.65. The molecule has 1 heterocycles. The summed E-state index contributed by atoms with van der Waals surface area (Å²) >= 11 is 0. The molecule has 0 spiro atoms. The molecule has 3 nitrogen and oxygen atoms in total. The van der Waals surface area contributed by atoms with Gasteiger partial charge in [-0.2, -0.15) is 5.10 Å². The van der Waals surface area contributed by atoms with Crippen LogP contribution in [-0.4, -0.2) is 20.5 Å². The number of aromatic nitrogens is 2. The van der Waals surface area contributed by atoms with E-state index in [4.69, 9.17) is 0 Å². The van der Waals surface area contributed by atoms with Crippen LogP contribution in [0.3, 0.4) is 0 Å². The first kappa shape index (κ1) is 11.1. The molecule has 80 valence electrons. The fourth-order valence-corrected chi connectivity index (χ4v) is 1.23. The summed E-state index contributed by atoms with van der Waals surface area (Å²) in [5.41, 5.74) is -0.712. The number of alkyl halides is 2. The highest BCUT2D eigenvalue weighted by atomic mass is 19.3. The summed E-state index contributed by atoms with van der Waals surface area (Å²) in [7, 11) is 0. The number of rotatable bonds is 3. The van der Waals surface area contributed by atoms with E-state index in [2.05, 4.69) is 5.10 Å². The van der Waals surface area contributed by atoms with Crippen molar-refractivity contribution < 1.29 is 13.9 Å². The van der Waals surface area contributed by atoms with E-state index >= 15 is 0 Å². The summed E-state index contributed by atoms with van der Waals surface area (Å²) in [6.45, 7) is 4.99. The Hall–Kier alpha value is -0.970. The third kappa shape index (κ3) is 2.77. The predicted octanol–water partition coefficient (Wildman–Crippen LogP) is 1.90. The maximum Gasteiger partial charge on any atom is 0.282 e. The molecule has 1 rings (SSSR count). The molecule has 0 aliphatic carbocycles. The number of aliphatic hydroxyl groups is 1. The quantitative estimate of drug-likeness (QED) is 0.816. The van der Waals surface area contributed by atoms with E-state index in [1.54, 1.807) is 20.8 Å². The first-order chi connectivity index (χ1) is 6.29. The van der Waals surface area contributed by atoms with Gasteiger partial charge < -0.3 is 5.11 Å². The van der Waals surface area contributed by atoms with Gasteiger partial charge in [0.2, 0.25) is 0 Å². The van der Waals surface area contributed by atoms with Gasteiger partial charge in [0, 0.05) is 6.20 Å². The van der Waals surface area contributed by atoms with Crippen LogP contribution in [0.25, 0.3) is 0 Å². The maximum absolute atomic E-state index is 12.3. The summed E-state index contributed by atoms with van der Waals surface area (Å²) in [5.74, 6) is 0. The van der Waals surface area contributed by atoms with Crippen LogP contribution in [0.4, 0.5) is 8.78 Å². The van der Waals surface area contributed by atoms with Gasteiger partial charge in [-0.15, -0.1) is 0 Å². The van der Waals surface area contributed by atoms with Crippen LogP contribution < -0.4 is 0 Å². The molecular weight excluding hydrogens is 190 g/mol. The molecule has 1 N–H and O–H groups in total. The van der Waals surface area contributed by atoms with E-state index in [1.165, 1.54) is 10.9 Å². The molecule has 0 aromatic carbocycles. The number of aryl methyl sites for hydroxylation is 1. The van der Waals surface area contributed by atoms with E-state index in [-0.39, 0.29) is 12.2 Å². The number of halogens is 2. The van der Waals surface area contributed by atoms with E-state index in [0.717, 1.165) is 0 Å². The van der Waals surface area contributed by atoms with Gasteiger partial charge in [-0.1, -0.05) is 0 Å². The average Bonchev–Trinajstić information content (AvgIpc) is 2.26. The van der Waals surface area contributed by atoms with Crippen LogP contribution in [0, 0.1) is 6.92 Å². The monoisotopic (exact) mass is 204 g/mol. The molecule has 0 atom stereocenters. The van der Waals surface area contributed by atoms with E-state index in [1.807, 2.05) is 0 Å². The zero-order valence-electron chi connectivity index (χ0n) is 8.46. The zero-order valence-corrected chi connectivity index (χ0v) is 8.46. The molecule has 1 aromatic heterocycles. The average molecular weight is 204 g/mol. The van der Waals surface area contributed by atoms with Crippen LogP contribution in [0.15, 0.2) is 6.20 Å². The SMILES string of the molecule is Cc1cn(CC(C)(C)O)nc1C(F)F. The maximum atomic E-state index is 12.3. The lowest BCUT2D eigenvalue weighted by Crippen LogP contribution is -2.26. The summed E-state index contributed by atoms with van der Waals surface area (Å²) in [5, 5.41) is 13.2. The zero-order chi connectivity index (χ0) is 10.9. The van der Waals surface area contributed by atoms with Gasteiger partial charge >= 0.3 is 0 Å². The van der Waals surface area contributed by atoms with Crippen LogP contribution in [-0.2, 0) is 6.54 Å². The van der Waals surface area contributed by atoms with Crippen LogP contribution in [0.2, 0.25) is 0 Å². The number of hydrogen-bond donors (Lipinski definition) is 1. The Kier molecular flexibility index (Phi) is 2.89. The summed E-state index contributed by atoms with van der Waals surface area (Å²) in [6.07, 6.45) is -1.04. The molecule has 0 bridgehead atoms. The Morgan fingerprint density at radius 3 is 2.50 bits per heavy atom. The van der Waals surface area contributed by atoms with Gasteiger partial charge in [-0.05, 0) is 26.3 Å². The normalized spacial score (nSPS) is 12.5. The lowest BCUT2D eigenvalue weighted by Gasteiger charge is -2.16. The second-order valence-electron chi connectivity index (χ2n) is 4.01. The summed E-state index contributed by atoms with van der Waals surface area (Å²) in [4.78, 5) is 0. The molecule has 0 saturated carbocycles. The molecule has 0 radical (unpaired) electrons. The molecule has 0 fully saturated rings. The van der Waals surface area contributed by atoms with E-state index in [0.29, 0.717) is 5.56 Å². The number of nitrogens with zero attached hydrogens (tertiary/aromatic N) is 2. The molecule has 0 aliphatic heterocycles. The molecule has 1 aromatic rings. The minimum atomic E-state index is -2.56. The first-order valence-electron chi connectivity index (χ1n) is 4.34. The van der Waals surface area contributed by atoms with Crippen molar-refractivity contribution in [2.24, 2.45) is 0 Å². The largest absolute Gasteiger partial charge is 0.389 e. The Morgan fingerprint density at radius 2 is 2.14 bits per heavy atom. The molecule has 5 heteroatoms. The van der Waals surface area contributed by atoms with Crippen LogP contribution >= 0.6 is 0 Å². The van der Waals surface area contributed by atoms with Crippen molar-refractivity contribution in [1.82, 2.24) is 9.78 Å². The lowest BCUT2D eigenvalue weighted by atomic mass is 10.1. The summed E-state index contributed by atoms with van der Waals surface area (Å²) < 4.78 is 26.0. The Morgan fingerprint density at radius 1 is 1.57 bits per heavy atom. The van der Waals surface area contributed by atoms with Crippen molar-refractivity contribution in [3.05, 3.63) is 17.5 Å². The van der Waals surface area contributed by atoms with Crippen LogP contribution in [0.1, 0.15) is 31.5 Å². The minimum absolute atomic E-state index is 0.209. The van der Waals surface area contributed by atoms with Gasteiger partial charge in [-0.3, -0.25) is 4.68 Å². The second-order valence-corrected chi connectivity index (χ2v) is 4.01. The third-order valence-corrected chi connectivity index (χ3v) is 1.74. The molecule has 0 amide bonds. The van der Waals surface area contributed by atoms with Crippen molar-refractivity contribution in [3.8, 4) is 0 Å². The fraction of sp³-hybridized carbons (Fsp3) is 0.667. The molecule has 0 aliphatic rings. The van der Waals surface area contributed by atoms with Gasteiger partial charge in [0.05, 0.1) is 12.1 Å². The molecule has 14 heavy (non-hydrogen) atoms. The highest BCUT2D eigenvalue weighted by Crippen LogP contribution is 2.20. The highest BCUT2D eigenvalue weighted by Gasteiger charge is 2.19. The smallest absolute Gasteiger partial charge is 0.282 e. The third-order valence-electron chi connectivity index (χ3n) is 1.74. The minimum Gasteiger partial charge on any atom is -0.389 e. The van der Waals surface area contributed by atoms with Gasteiger partial charge in [-0.25, -0.2) is 8.78 Å².